The molecule has 1 fully saturated rings. The first-order chi connectivity index (χ1) is 15.4. The molecule has 4 rings (SSSR count). The molecule has 2 N–H and O–H groups in total. The Labute approximate surface area is 185 Å². The predicted octanol–water partition coefficient (Wildman–Crippen LogP) is 2.93. The van der Waals surface area contributed by atoms with Crippen LogP contribution >= 0.6 is 0 Å². The SMILES string of the molecule is Cc1nc(C(=O)N[C@@H]2C[C@@H](Oc3cccc(F)c3)[C@H](O)[C@H]2N(C)Cc2ccccc2)co1. The number of halogens is 1. The number of likely N-dealkylation sites (N-methyl/N-ethyl adjacent to an activating group) is 1. The second kappa shape index (κ2) is 9.50. The van der Waals surface area contributed by atoms with Gasteiger partial charge in [0.15, 0.2) is 11.6 Å². The monoisotopic (exact) mass is 439 g/mol. The lowest BCUT2D eigenvalue weighted by Crippen LogP contribution is -2.51. The summed E-state index contributed by atoms with van der Waals surface area (Å²) in [5.41, 5.74) is 1.25. The van der Waals surface area contributed by atoms with Gasteiger partial charge in [0.25, 0.3) is 5.91 Å². The van der Waals surface area contributed by atoms with Crippen LogP contribution in [0.1, 0.15) is 28.4 Å². The average molecular weight is 439 g/mol. The van der Waals surface area contributed by atoms with E-state index in [4.69, 9.17) is 9.15 Å². The lowest BCUT2D eigenvalue weighted by molar-refractivity contribution is 0.0124. The fourth-order valence-corrected chi connectivity index (χ4v) is 4.22. The van der Waals surface area contributed by atoms with Crippen LogP contribution < -0.4 is 10.1 Å². The maximum atomic E-state index is 13.6. The van der Waals surface area contributed by atoms with Gasteiger partial charge in [0.2, 0.25) is 0 Å². The van der Waals surface area contributed by atoms with E-state index >= 15 is 0 Å². The second-order valence-electron chi connectivity index (χ2n) is 8.06. The summed E-state index contributed by atoms with van der Waals surface area (Å²) in [5, 5.41) is 14.1. The van der Waals surface area contributed by atoms with Crippen molar-refractivity contribution in [2.24, 2.45) is 0 Å². The first-order valence-electron chi connectivity index (χ1n) is 10.5. The third kappa shape index (κ3) is 4.98. The molecule has 1 aliphatic carbocycles. The number of aryl methyl sites for hydroxylation is 1. The Morgan fingerprint density at radius 1 is 1.28 bits per heavy atom. The number of amides is 1. The molecule has 8 heteroatoms. The summed E-state index contributed by atoms with van der Waals surface area (Å²) in [5.74, 6) is -0.0770. The molecule has 1 aromatic heterocycles. The van der Waals surface area contributed by atoms with Gasteiger partial charge >= 0.3 is 0 Å². The van der Waals surface area contributed by atoms with E-state index in [9.17, 15) is 14.3 Å². The number of rotatable bonds is 7. The summed E-state index contributed by atoms with van der Waals surface area (Å²) in [4.78, 5) is 18.8. The average Bonchev–Trinajstić information content (AvgIpc) is 3.32. The molecular weight excluding hydrogens is 413 g/mol. The van der Waals surface area contributed by atoms with Crippen LogP contribution in [0.4, 0.5) is 4.39 Å². The number of aliphatic hydroxyl groups is 1. The van der Waals surface area contributed by atoms with E-state index in [1.54, 1.807) is 19.1 Å². The zero-order valence-corrected chi connectivity index (χ0v) is 17.9. The zero-order chi connectivity index (χ0) is 22.7. The van der Waals surface area contributed by atoms with Crippen molar-refractivity contribution in [3.05, 3.63) is 83.8 Å². The van der Waals surface area contributed by atoms with Crippen LogP contribution in [0.2, 0.25) is 0 Å². The Hall–Kier alpha value is -3.23. The Morgan fingerprint density at radius 3 is 2.75 bits per heavy atom. The van der Waals surface area contributed by atoms with E-state index in [0.29, 0.717) is 24.6 Å². The van der Waals surface area contributed by atoms with Crippen LogP contribution in [0.15, 0.2) is 65.3 Å². The number of benzene rings is 2. The summed E-state index contributed by atoms with van der Waals surface area (Å²) in [6.45, 7) is 2.24. The van der Waals surface area contributed by atoms with Crippen LogP contribution in [0.5, 0.6) is 5.75 Å². The number of nitrogens with zero attached hydrogens (tertiary/aromatic N) is 2. The molecule has 1 saturated carbocycles. The van der Waals surface area contributed by atoms with Gasteiger partial charge in [-0.05, 0) is 24.7 Å². The minimum Gasteiger partial charge on any atom is -0.487 e. The van der Waals surface area contributed by atoms with Gasteiger partial charge in [0.05, 0.1) is 12.1 Å². The van der Waals surface area contributed by atoms with Crippen molar-refractivity contribution in [2.75, 3.05) is 7.05 Å². The Balaban J connectivity index is 1.54. The van der Waals surface area contributed by atoms with E-state index in [1.165, 1.54) is 18.4 Å². The van der Waals surface area contributed by atoms with Gasteiger partial charge in [-0.2, -0.15) is 0 Å². The van der Waals surface area contributed by atoms with E-state index in [2.05, 4.69) is 10.3 Å². The van der Waals surface area contributed by atoms with Gasteiger partial charge in [0, 0.05) is 26.0 Å². The predicted molar refractivity (Wildman–Crippen MR) is 116 cm³/mol. The number of hydrogen-bond donors (Lipinski definition) is 2. The molecule has 4 atom stereocenters. The van der Waals surface area contributed by atoms with Gasteiger partial charge in [-0.15, -0.1) is 0 Å². The topological polar surface area (TPSA) is 87.8 Å². The highest BCUT2D eigenvalue weighted by atomic mass is 19.1. The number of carbonyl (C=O) groups is 1. The molecule has 2 aromatic carbocycles. The highest BCUT2D eigenvalue weighted by Gasteiger charge is 2.46. The number of ether oxygens (including phenoxy) is 1. The van der Waals surface area contributed by atoms with Crippen molar-refractivity contribution in [3.63, 3.8) is 0 Å². The molecule has 3 aromatic rings. The van der Waals surface area contributed by atoms with Crippen LogP contribution in [0.25, 0.3) is 0 Å². The molecule has 168 valence electrons. The van der Waals surface area contributed by atoms with Gasteiger partial charge in [-0.1, -0.05) is 36.4 Å². The molecule has 0 radical (unpaired) electrons. The Kier molecular flexibility index (Phi) is 6.53. The lowest BCUT2D eigenvalue weighted by Gasteiger charge is -2.32. The molecule has 0 saturated heterocycles. The smallest absolute Gasteiger partial charge is 0.273 e. The summed E-state index contributed by atoms with van der Waals surface area (Å²) < 4.78 is 24.7. The largest absolute Gasteiger partial charge is 0.487 e. The molecule has 0 bridgehead atoms. The quantitative estimate of drug-likeness (QED) is 0.589. The molecule has 0 aliphatic heterocycles. The van der Waals surface area contributed by atoms with E-state index in [0.717, 1.165) is 5.56 Å². The first-order valence-corrected chi connectivity index (χ1v) is 10.5. The minimum atomic E-state index is -0.906. The maximum absolute atomic E-state index is 13.6. The normalized spacial score (nSPS) is 22.8. The molecule has 0 spiro atoms. The molecule has 1 heterocycles. The van der Waals surface area contributed by atoms with Crippen molar-refractivity contribution in [1.29, 1.82) is 0 Å². The third-order valence-electron chi connectivity index (χ3n) is 5.66. The van der Waals surface area contributed by atoms with Gasteiger partial charge in [-0.3, -0.25) is 9.69 Å². The summed E-state index contributed by atoms with van der Waals surface area (Å²) in [7, 11) is 1.89. The molecular formula is C24H26FN3O4. The number of aromatic nitrogens is 1. The number of carbonyl (C=O) groups excluding carboxylic acids is 1. The standard InChI is InChI=1S/C24H26FN3O4/c1-15-26-20(14-31-15)24(30)27-19-12-21(32-18-10-6-9-17(25)11-18)23(29)22(19)28(2)13-16-7-4-3-5-8-16/h3-11,14,19,21-23,29H,12-13H2,1-2H3,(H,27,30)/t19-,21-,22+,23+/m1/s1. The van der Waals surface area contributed by atoms with Crippen LogP contribution in [-0.2, 0) is 6.54 Å². The molecule has 1 amide bonds. The lowest BCUT2D eigenvalue weighted by atomic mass is 10.1. The van der Waals surface area contributed by atoms with Crippen LogP contribution in [0, 0.1) is 12.7 Å². The van der Waals surface area contributed by atoms with Crippen LogP contribution in [0.3, 0.4) is 0 Å². The molecule has 32 heavy (non-hydrogen) atoms. The summed E-state index contributed by atoms with van der Waals surface area (Å²) in [6.07, 6.45) is 0.129. The van der Waals surface area contributed by atoms with E-state index in [-0.39, 0.29) is 11.6 Å². The fraction of sp³-hybridized carbons (Fsp3) is 0.333. The third-order valence-corrected chi connectivity index (χ3v) is 5.66. The van der Waals surface area contributed by atoms with Crippen molar-refractivity contribution < 1.29 is 23.4 Å². The second-order valence-corrected chi connectivity index (χ2v) is 8.06. The van der Waals surface area contributed by atoms with Gasteiger partial charge in [-0.25, -0.2) is 9.37 Å². The minimum absolute atomic E-state index is 0.177. The molecule has 7 nitrogen and oxygen atoms in total. The molecule has 1 aliphatic rings. The summed E-state index contributed by atoms with van der Waals surface area (Å²) in [6, 6.07) is 14.8. The Morgan fingerprint density at radius 2 is 2.06 bits per heavy atom. The number of aliphatic hydroxyl groups excluding tert-OH is 1. The highest BCUT2D eigenvalue weighted by molar-refractivity contribution is 5.92. The van der Waals surface area contributed by atoms with Gasteiger partial charge in [0.1, 0.15) is 30.0 Å². The number of nitrogens with one attached hydrogen (secondary N) is 1. The van der Waals surface area contributed by atoms with E-state index < -0.39 is 30.1 Å². The highest BCUT2D eigenvalue weighted by Crippen LogP contribution is 2.30. The Bertz CT molecular complexity index is 1060. The van der Waals surface area contributed by atoms with Crippen molar-refractivity contribution in [1.82, 2.24) is 15.2 Å². The van der Waals surface area contributed by atoms with Crippen molar-refractivity contribution in [2.45, 2.75) is 44.2 Å². The zero-order valence-electron chi connectivity index (χ0n) is 17.9. The number of oxazole rings is 1. The first kappa shape index (κ1) is 22.0. The number of hydrogen-bond acceptors (Lipinski definition) is 6. The van der Waals surface area contributed by atoms with E-state index in [1.807, 2.05) is 42.3 Å². The van der Waals surface area contributed by atoms with Crippen molar-refractivity contribution >= 4 is 5.91 Å². The maximum Gasteiger partial charge on any atom is 0.273 e. The van der Waals surface area contributed by atoms with Crippen molar-refractivity contribution in [3.8, 4) is 5.75 Å². The van der Waals surface area contributed by atoms with Gasteiger partial charge < -0.3 is 19.6 Å². The molecule has 0 unspecified atom stereocenters. The fourth-order valence-electron chi connectivity index (χ4n) is 4.22. The van der Waals surface area contributed by atoms with Crippen LogP contribution in [-0.4, -0.2) is 52.2 Å². The summed E-state index contributed by atoms with van der Waals surface area (Å²) >= 11 is 0.